The molecule has 2 aromatic carbocycles. The van der Waals surface area contributed by atoms with Gasteiger partial charge in [-0.1, -0.05) is 42.5 Å². The normalized spacial score (nSPS) is 17.0. The van der Waals surface area contributed by atoms with Crippen LogP contribution in [0.1, 0.15) is 11.1 Å². The molecule has 2 aromatic rings. The maximum Gasteiger partial charge on any atom is 0.264 e. The minimum absolute atomic E-state index is 0.225. The first-order valence-corrected chi connectivity index (χ1v) is 8.99. The predicted molar refractivity (Wildman–Crippen MR) is 99.2 cm³/mol. The van der Waals surface area contributed by atoms with E-state index in [4.69, 9.17) is 5.26 Å². The number of nitrogens with one attached hydrogen (secondary N) is 1. The number of hydrogen-bond acceptors (Lipinski definition) is 5. The Morgan fingerprint density at radius 3 is 2.62 bits per heavy atom. The van der Waals surface area contributed by atoms with Gasteiger partial charge in [0.25, 0.3) is 5.91 Å². The van der Waals surface area contributed by atoms with E-state index in [0.29, 0.717) is 10.1 Å². The van der Waals surface area contributed by atoms with Crippen LogP contribution in [-0.2, 0) is 10.5 Å². The number of carbonyl (C=O) groups excluding carboxylic acids is 1. The molecule has 1 aliphatic heterocycles. The van der Waals surface area contributed by atoms with E-state index in [9.17, 15) is 4.79 Å². The largest absolute Gasteiger partial charge is 0.300 e. The molecule has 0 bridgehead atoms. The summed E-state index contributed by atoms with van der Waals surface area (Å²) in [6, 6.07) is 18.4. The lowest BCUT2D eigenvalue weighted by Gasteiger charge is -2.03. The highest BCUT2D eigenvalue weighted by Crippen LogP contribution is 2.27. The SMILES string of the molecule is N#CN=C1NC(=O)/C(=C\c2ccc(SCc3ccccc3)cc2)S1. The van der Waals surface area contributed by atoms with Crippen molar-refractivity contribution in [2.45, 2.75) is 10.6 Å². The Kier molecular flexibility index (Phi) is 5.36. The van der Waals surface area contributed by atoms with Crippen LogP contribution in [0.25, 0.3) is 6.08 Å². The van der Waals surface area contributed by atoms with E-state index in [1.54, 1.807) is 24.0 Å². The standard InChI is InChI=1S/C18H13N3OS2/c19-12-20-18-21-17(22)16(24-18)10-13-6-8-15(9-7-13)23-11-14-4-2-1-3-5-14/h1-10H,11H2,(H,20,21,22)/b16-10+. The summed E-state index contributed by atoms with van der Waals surface area (Å²) in [5, 5.41) is 11.4. The fraction of sp³-hybridized carbons (Fsp3) is 0.0556. The highest BCUT2D eigenvalue weighted by Gasteiger charge is 2.23. The average molecular weight is 351 g/mol. The zero-order valence-electron chi connectivity index (χ0n) is 12.6. The Bertz CT molecular complexity index is 837. The van der Waals surface area contributed by atoms with Crippen molar-refractivity contribution in [3.05, 3.63) is 70.6 Å². The topological polar surface area (TPSA) is 65.2 Å². The van der Waals surface area contributed by atoms with Crippen molar-refractivity contribution in [1.29, 1.82) is 5.26 Å². The highest BCUT2D eigenvalue weighted by atomic mass is 32.2. The van der Waals surface area contributed by atoms with Crippen LogP contribution in [0.2, 0.25) is 0 Å². The summed E-state index contributed by atoms with van der Waals surface area (Å²) < 4.78 is 0. The molecule has 1 fully saturated rings. The summed E-state index contributed by atoms with van der Waals surface area (Å²) >= 11 is 2.94. The van der Waals surface area contributed by atoms with Crippen LogP contribution in [0.4, 0.5) is 0 Å². The van der Waals surface area contributed by atoms with Crippen molar-refractivity contribution in [3.8, 4) is 6.19 Å². The second-order valence-electron chi connectivity index (χ2n) is 4.93. The van der Waals surface area contributed by atoms with E-state index in [1.807, 2.05) is 42.5 Å². The number of benzene rings is 2. The lowest BCUT2D eigenvalue weighted by atomic mass is 10.2. The molecule has 24 heavy (non-hydrogen) atoms. The number of thioether (sulfide) groups is 2. The first kappa shape index (κ1) is 16.4. The van der Waals surface area contributed by atoms with Gasteiger partial charge in [-0.25, -0.2) is 0 Å². The Hall–Kier alpha value is -2.49. The molecule has 118 valence electrons. The number of carbonyl (C=O) groups is 1. The zero-order chi connectivity index (χ0) is 16.8. The Morgan fingerprint density at radius 2 is 1.92 bits per heavy atom. The number of nitrogens with zero attached hydrogens (tertiary/aromatic N) is 2. The molecular formula is C18H13N3OS2. The van der Waals surface area contributed by atoms with Gasteiger partial charge < -0.3 is 0 Å². The number of nitriles is 1. The lowest BCUT2D eigenvalue weighted by molar-refractivity contribution is -0.115. The van der Waals surface area contributed by atoms with E-state index in [0.717, 1.165) is 11.3 Å². The van der Waals surface area contributed by atoms with Crippen molar-refractivity contribution >= 4 is 40.7 Å². The van der Waals surface area contributed by atoms with Crippen LogP contribution in [0.3, 0.4) is 0 Å². The molecule has 1 amide bonds. The molecule has 0 unspecified atom stereocenters. The van der Waals surface area contributed by atoms with Gasteiger partial charge in [-0.15, -0.1) is 16.8 Å². The Morgan fingerprint density at radius 1 is 1.17 bits per heavy atom. The van der Waals surface area contributed by atoms with Crippen LogP contribution in [0.15, 0.2) is 69.4 Å². The quantitative estimate of drug-likeness (QED) is 0.513. The summed E-state index contributed by atoms with van der Waals surface area (Å²) in [4.78, 5) is 17.1. The number of amidine groups is 1. The summed E-state index contributed by atoms with van der Waals surface area (Å²) in [7, 11) is 0. The monoisotopic (exact) mass is 351 g/mol. The fourth-order valence-electron chi connectivity index (χ4n) is 2.08. The molecule has 3 rings (SSSR count). The van der Waals surface area contributed by atoms with Crippen LogP contribution < -0.4 is 5.32 Å². The van der Waals surface area contributed by atoms with Gasteiger partial charge in [0.15, 0.2) is 5.17 Å². The molecule has 4 nitrogen and oxygen atoms in total. The van der Waals surface area contributed by atoms with Crippen LogP contribution in [-0.4, -0.2) is 11.1 Å². The summed E-state index contributed by atoms with van der Waals surface area (Å²) in [5.74, 6) is 0.699. The van der Waals surface area contributed by atoms with Gasteiger partial charge in [0.05, 0.1) is 4.91 Å². The van der Waals surface area contributed by atoms with Gasteiger partial charge in [-0.2, -0.15) is 5.26 Å². The fourth-order valence-corrected chi connectivity index (χ4v) is 3.71. The van der Waals surface area contributed by atoms with Gasteiger partial charge in [-0.05, 0) is 41.1 Å². The van der Waals surface area contributed by atoms with Crippen molar-refractivity contribution in [2.24, 2.45) is 4.99 Å². The zero-order valence-corrected chi connectivity index (χ0v) is 14.2. The average Bonchev–Trinajstić information content (AvgIpc) is 2.95. The van der Waals surface area contributed by atoms with Crippen molar-refractivity contribution in [3.63, 3.8) is 0 Å². The van der Waals surface area contributed by atoms with E-state index < -0.39 is 0 Å². The van der Waals surface area contributed by atoms with Gasteiger partial charge in [0.1, 0.15) is 0 Å². The molecule has 0 aromatic heterocycles. The van der Waals surface area contributed by atoms with Gasteiger partial charge >= 0.3 is 0 Å². The maximum atomic E-state index is 11.8. The minimum atomic E-state index is -0.225. The molecule has 1 heterocycles. The number of hydrogen-bond donors (Lipinski definition) is 1. The number of aliphatic imine (C=N–C) groups is 1. The Balaban J connectivity index is 1.65. The van der Waals surface area contributed by atoms with E-state index >= 15 is 0 Å². The minimum Gasteiger partial charge on any atom is -0.300 e. The summed E-state index contributed by atoms with van der Waals surface area (Å²) in [6.07, 6.45) is 3.47. The first-order chi connectivity index (χ1) is 11.7. The van der Waals surface area contributed by atoms with Gasteiger partial charge in [0.2, 0.25) is 6.19 Å². The smallest absolute Gasteiger partial charge is 0.264 e. The van der Waals surface area contributed by atoms with E-state index in [2.05, 4.69) is 22.4 Å². The second-order valence-corrected chi connectivity index (χ2v) is 7.00. The highest BCUT2D eigenvalue weighted by molar-refractivity contribution is 8.18. The molecule has 0 spiro atoms. The van der Waals surface area contributed by atoms with E-state index in [-0.39, 0.29) is 5.91 Å². The lowest BCUT2D eigenvalue weighted by Crippen LogP contribution is -2.19. The van der Waals surface area contributed by atoms with Crippen LogP contribution in [0.5, 0.6) is 0 Å². The summed E-state index contributed by atoms with van der Waals surface area (Å²) in [5.41, 5.74) is 2.23. The van der Waals surface area contributed by atoms with Crippen LogP contribution >= 0.6 is 23.5 Å². The number of amides is 1. The van der Waals surface area contributed by atoms with Gasteiger partial charge in [-0.3, -0.25) is 10.1 Å². The second kappa shape index (κ2) is 7.86. The maximum absolute atomic E-state index is 11.8. The van der Waals surface area contributed by atoms with E-state index in [1.165, 1.54) is 22.2 Å². The molecule has 0 radical (unpaired) electrons. The van der Waals surface area contributed by atoms with Crippen molar-refractivity contribution in [1.82, 2.24) is 5.32 Å². The first-order valence-electron chi connectivity index (χ1n) is 7.19. The van der Waals surface area contributed by atoms with Crippen LogP contribution in [0, 0.1) is 11.5 Å². The predicted octanol–water partition coefficient (Wildman–Crippen LogP) is 4.02. The molecule has 0 saturated carbocycles. The van der Waals surface area contributed by atoms with Crippen molar-refractivity contribution < 1.29 is 4.79 Å². The third-order valence-corrected chi connectivity index (χ3v) is 5.22. The molecule has 1 N–H and O–H groups in total. The molecule has 1 aliphatic rings. The number of rotatable bonds is 4. The van der Waals surface area contributed by atoms with Crippen molar-refractivity contribution in [2.75, 3.05) is 0 Å². The molecule has 0 atom stereocenters. The third-order valence-electron chi connectivity index (χ3n) is 3.23. The molecule has 0 aliphatic carbocycles. The molecule has 1 saturated heterocycles. The Labute approximate surface area is 148 Å². The molecule has 6 heteroatoms. The molecular weight excluding hydrogens is 338 g/mol. The summed E-state index contributed by atoms with van der Waals surface area (Å²) in [6.45, 7) is 0. The third kappa shape index (κ3) is 4.28. The van der Waals surface area contributed by atoms with Gasteiger partial charge in [0, 0.05) is 10.6 Å².